The molecule has 1 heterocycles. The minimum atomic E-state index is 0. The van der Waals surface area contributed by atoms with Crippen LogP contribution in [0.4, 0.5) is 0 Å². The molecule has 0 aromatic heterocycles. The monoisotopic (exact) mass is 490 g/mol. The molecule has 1 fully saturated rings. The van der Waals surface area contributed by atoms with E-state index in [0.29, 0.717) is 19.2 Å². The molecule has 0 saturated carbocycles. The highest BCUT2D eigenvalue weighted by molar-refractivity contribution is 14.0. The van der Waals surface area contributed by atoms with E-state index in [2.05, 4.69) is 40.1 Å². The fraction of sp³-hybridized carbons (Fsp3) is 0.650. The van der Waals surface area contributed by atoms with Crippen LogP contribution < -0.4 is 14.8 Å². The molecule has 7 heteroatoms. The molecule has 27 heavy (non-hydrogen) atoms. The van der Waals surface area contributed by atoms with E-state index in [0.717, 1.165) is 36.1 Å². The van der Waals surface area contributed by atoms with Crippen LogP contribution in [0.25, 0.3) is 0 Å². The van der Waals surface area contributed by atoms with E-state index < -0.39 is 0 Å². The van der Waals surface area contributed by atoms with Crippen LogP contribution in [-0.2, 0) is 6.54 Å². The summed E-state index contributed by atoms with van der Waals surface area (Å²) in [5.41, 5.74) is 1.14. The van der Waals surface area contributed by atoms with Gasteiger partial charge < -0.3 is 19.7 Å². The number of benzene rings is 1. The second kappa shape index (κ2) is 12.3. The second-order valence-electron chi connectivity index (χ2n) is 6.62. The highest BCUT2D eigenvalue weighted by Gasteiger charge is 2.24. The van der Waals surface area contributed by atoms with Crippen molar-refractivity contribution in [1.82, 2.24) is 15.1 Å². The summed E-state index contributed by atoms with van der Waals surface area (Å²) in [6.07, 6.45) is 2.57. The molecule has 1 aliphatic rings. The number of hydrogen-bond donors (Lipinski definition) is 1. The standard InChI is InChI=1S/C20H34N4O2.HI/c1-6-24-12-8-9-17(24)15-23(4)20(21-3)22-14-16-10-11-18(25-5)19(13-16)26-7-2;/h10-11,13,17H,6-9,12,14-15H2,1-5H3,(H,21,22);1H. The number of ether oxygens (including phenoxy) is 2. The number of likely N-dealkylation sites (tertiary alicyclic amines) is 1. The van der Waals surface area contributed by atoms with E-state index in [4.69, 9.17) is 9.47 Å². The fourth-order valence-corrected chi connectivity index (χ4v) is 3.59. The lowest BCUT2D eigenvalue weighted by atomic mass is 10.2. The van der Waals surface area contributed by atoms with Crippen molar-refractivity contribution in [2.45, 2.75) is 39.3 Å². The van der Waals surface area contributed by atoms with Crippen molar-refractivity contribution in [3.05, 3.63) is 23.8 Å². The largest absolute Gasteiger partial charge is 0.493 e. The number of halogens is 1. The van der Waals surface area contributed by atoms with Crippen LogP contribution in [-0.4, -0.2) is 69.2 Å². The zero-order valence-electron chi connectivity index (χ0n) is 17.3. The normalized spacial score (nSPS) is 17.4. The first-order valence-corrected chi connectivity index (χ1v) is 9.58. The summed E-state index contributed by atoms with van der Waals surface area (Å²) in [7, 11) is 5.61. The zero-order chi connectivity index (χ0) is 18.9. The van der Waals surface area contributed by atoms with Crippen LogP contribution in [0.2, 0.25) is 0 Å². The average molecular weight is 490 g/mol. The Balaban J connectivity index is 0.00000364. The van der Waals surface area contributed by atoms with Crippen molar-refractivity contribution >= 4 is 29.9 Å². The van der Waals surface area contributed by atoms with Crippen molar-refractivity contribution in [1.29, 1.82) is 0 Å². The number of aliphatic imine (C=N–C) groups is 1. The van der Waals surface area contributed by atoms with Gasteiger partial charge in [-0.25, -0.2) is 0 Å². The molecule has 6 nitrogen and oxygen atoms in total. The Hall–Kier alpha value is -1.22. The molecular weight excluding hydrogens is 455 g/mol. The Morgan fingerprint density at radius 3 is 2.74 bits per heavy atom. The maximum atomic E-state index is 5.66. The number of nitrogens with zero attached hydrogens (tertiary/aromatic N) is 3. The van der Waals surface area contributed by atoms with Gasteiger partial charge in [0, 0.05) is 33.2 Å². The highest BCUT2D eigenvalue weighted by atomic mass is 127. The number of likely N-dealkylation sites (N-methyl/N-ethyl adjacent to an activating group) is 2. The van der Waals surface area contributed by atoms with Crippen LogP contribution in [0.15, 0.2) is 23.2 Å². The van der Waals surface area contributed by atoms with Crippen molar-refractivity contribution in [3.63, 3.8) is 0 Å². The molecule has 0 spiro atoms. The van der Waals surface area contributed by atoms with E-state index in [-0.39, 0.29) is 24.0 Å². The molecule has 1 N–H and O–H groups in total. The predicted molar refractivity (Wildman–Crippen MR) is 123 cm³/mol. The van der Waals surface area contributed by atoms with Crippen LogP contribution in [0.5, 0.6) is 11.5 Å². The molecular formula is C20H35IN4O2. The van der Waals surface area contributed by atoms with Gasteiger partial charge in [0.15, 0.2) is 17.5 Å². The summed E-state index contributed by atoms with van der Waals surface area (Å²) < 4.78 is 11.0. The van der Waals surface area contributed by atoms with Crippen LogP contribution in [0.1, 0.15) is 32.3 Å². The van der Waals surface area contributed by atoms with Crippen LogP contribution >= 0.6 is 24.0 Å². The third kappa shape index (κ3) is 6.71. The first kappa shape index (κ1) is 23.8. The molecule has 1 saturated heterocycles. The number of nitrogens with one attached hydrogen (secondary N) is 1. The molecule has 2 rings (SSSR count). The minimum absolute atomic E-state index is 0. The third-order valence-corrected chi connectivity index (χ3v) is 4.94. The molecule has 0 bridgehead atoms. The van der Waals surface area contributed by atoms with Crippen molar-refractivity contribution in [2.75, 3.05) is 47.4 Å². The lowest BCUT2D eigenvalue weighted by Gasteiger charge is -2.29. The predicted octanol–water partition coefficient (Wildman–Crippen LogP) is 3.20. The Morgan fingerprint density at radius 2 is 2.11 bits per heavy atom. The minimum Gasteiger partial charge on any atom is -0.493 e. The molecule has 154 valence electrons. The highest BCUT2D eigenvalue weighted by Crippen LogP contribution is 2.28. The Labute approximate surface area is 181 Å². The molecule has 1 aromatic carbocycles. The van der Waals surface area contributed by atoms with E-state index >= 15 is 0 Å². The molecule has 0 amide bonds. The van der Waals surface area contributed by atoms with Gasteiger partial charge in [0.1, 0.15) is 0 Å². The summed E-state index contributed by atoms with van der Waals surface area (Å²) in [6, 6.07) is 6.65. The fourth-order valence-electron chi connectivity index (χ4n) is 3.59. The second-order valence-corrected chi connectivity index (χ2v) is 6.62. The van der Waals surface area contributed by atoms with Crippen molar-refractivity contribution in [2.24, 2.45) is 4.99 Å². The Bertz CT molecular complexity index is 597. The van der Waals surface area contributed by atoms with Gasteiger partial charge in [0.2, 0.25) is 0 Å². The van der Waals surface area contributed by atoms with Crippen LogP contribution in [0, 0.1) is 0 Å². The molecule has 0 radical (unpaired) electrons. The smallest absolute Gasteiger partial charge is 0.193 e. The van der Waals surface area contributed by atoms with Gasteiger partial charge in [0.05, 0.1) is 13.7 Å². The van der Waals surface area contributed by atoms with Crippen LogP contribution in [0.3, 0.4) is 0 Å². The van der Waals surface area contributed by atoms with Crippen molar-refractivity contribution in [3.8, 4) is 11.5 Å². The first-order valence-electron chi connectivity index (χ1n) is 9.58. The Kier molecular flexibility index (Phi) is 10.8. The van der Waals surface area contributed by atoms with E-state index in [1.54, 1.807) is 7.11 Å². The van der Waals surface area contributed by atoms with Crippen molar-refractivity contribution < 1.29 is 9.47 Å². The number of hydrogen-bond acceptors (Lipinski definition) is 4. The van der Waals surface area contributed by atoms with E-state index in [9.17, 15) is 0 Å². The molecule has 1 aromatic rings. The van der Waals surface area contributed by atoms with Gasteiger partial charge >= 0.3 is 0 Å². The Morgan fingerprint density at radius 1 is 1.33 bits per heavy atom. The maximum absolute atomic E-state index is 5.66. The lowest BCUT2D eigenvalue weighted by Crippen LogP contribution is -2.45. The number of guanidine groups is 1. The van der Waals surface area contributed by atoms with E-state index in [1.807, 2.05) is 26.1 Å². The molecule has 1 aliphatic heterocycles. The lowest BCUT2D eigenvalue weighted by molar-refractivity contribution is 0.232. The summed E-state index contributed by atoms with van der Waals surface area (Å²) in [5, 5.41) is 3.46. The van der Waals surface area contributed by atoms with Gasteiger partial charge in [-0.2, -0.15) is 0 Å². The molecule has 1 unspecified atom stereocenters. The zero-order valence-corrected chi connectivity index (χ0v) is 19.7. The average Bonchev–Trinajstić information content (AvgIpc) is 3.10. The maximum Gasteiger partial charge on any atom is 0.193 e. The number of methoxy groups -OCH3 is 1. The molecule has 1 atom stereocenters. The number of rotatable bonds is 8. The van der Waals surface area contributed by atoms with Gasteiger partial charge in [0.25, 0.3) is 0 Å². The van der Waals surface area contributed by atoms with Gasteiger partial charge in [-0.15, -0.1) is 24.0 Å². The summed E-state index contributed by atoms with van der Waals surface area (Å²) >= 11 is 0. The SMILES string of the molecule is CCOc1cc(CNC(=NC)N(C)CC2CCCN2CC)ccc1OC.I. The van der Waals surface area contributed by atoms with Gasteiger partial charge in [-0.05, 0) is 50.6 Å². The summed E-state index contributed by atoms with van der Waals surface area (Å²) in [6.45, 7) is 8.87. The first-order chi connectivity index (χ1) is 12.6. The third-order valence-electron chi connectivity index (χ3n) is 4.94. The summed E-state index contributed by atoms with van der Waals surface area (Å²) in [5.74, 6) is 2.46. The topological polar surface area (TPSA) is 49.3 Å². The molecule has 0 aliphatic carbocycles. The van der Waals surface area contributed by atoms with E-state index in [1.165, 1.54) is 19.4 Å². The van der Waals surface area contributed by atoms with Gasteiger partial charge in [-0.1, -0.05) is 13.0 Å². The summed E-state index contributed by atoms with van der Waals surface area (Å²) in [4.78, 5) is 9.23. The quantitative estimate of drug-likeness (QED) is 0.345. The van der Waals surface area contributed by atoms with Gasteiger partial charge in [-0.3, -0.25) is 9.89 Å².